The van der Waals surface area contributed by atoms with Crippen LogP contribution in [0, 0.1) is 0 Å². The van der Waals surface area contributed by atoms with Gasteiger partial charge >= 0.3 is 0 Å². The van der Waals surface area contributed by atoms with Crippen molar-refractivity contribution in [1.82, 2.24) is 4.90 Å². The second-order valence-electron chi connectivity index (χ2n) is 6.56. The molecule has 0 radical (unpaired) electrons. The standard InChI is InChI=1S/C18H28N2O.ClH/c1-6-11-20(12-7-2)13(3)14-9-8-10-15-16(14)18(4,5)17(21)19-15;/h8-10,13H,6-7,11-12H2,1-5H3,(H,19,21);1H. The molecule has 1 N–H and O–H groups in total. The minimum absolute atomic E-state index is 0. The molecule has 0 fully saturated rings. The maximum atomic E-state index is 12.2. The van der Waals surface area contributed by atoms with Gasteiger partial charge in [-0.3, -0.25) is 9.69 Å². The Morgan fingerprint density at radius 1 is 1.18 bits per heavy atom. The fourth-order valence-electron chi connectivity index (χ4n) is 3.38. The summed E-state index contributed by atoms with van der Waals surface area (Å²) in [5.41, 5.74) is 3.02. The Labute approximate surface area is 140 Å². The Hall–Kier alpha value is -1.06. The number of amides is 1. The molecule has 22 heavy (non-hydrogen) atoms. The molecular weight excluding hydrogens is 296 g/mol. The van der Waals surface area contributed by atoms with Crippen LogP contribution in [0.1, 0.15) is 64.6 Å². The highest BCUT2D eigenvalue weighted by Gasteiger charge is 2.41. The summed E-state index contributed by atoms with van der Waals surface area (Å²) in [6.07, 6.45) is 2.31. The van der Waals surface area contributed by atoms with Crippen LogP contribution in [-0.4, -0.2) is 23.9 Å². The molecule has 1 heterocycles. The first-order valence-corrected chi connectivity index (χ1v) is 8.12. The molecular formula is C18H29ClN2O. The first kappa shape index (κ1) is 19.0. The molecule has 1 amide bonds. The van der Waals surface area contributed by atoms with Crippen LogP contribution in [0.3, 0.4) is 0 Å². The van der Waals surface area contributed by atoms with Gasteiger partial charge in [0.25, 0.3) is 0 Å². The van der Waals surface area contributed by atoms with E-state index in [-0.39, 0.29) is 18.3 Å². The third kappa shape index (κ3) is 3.31. The summed E-state index contributed by atoms with van der Waals surface area (Å²) in [4.78, 5) is 14.7. The Morgan fingerprint density at radius 3 is 2.32 bits per heavy atom. The van der Waals surface area contributed by atoms with Crippen molar-refractivity contribution in [2.24, 2.45) is 0 Å². The number of fused-ring (bicyclic) bond motifs is 1. The van der Waals surface area contributed by atoms with Crippen LogP contribution < -0.4 is 5.32 Å². The second kappa shape index (κ2) is 7.47. The molecule has 0 aromatic heterocycles. The van der Waals surface area contributed by atoms with Crippen molar-refractivity contribution in [3.05, 3.63) is 29.3 Å². The number of benzene rings is 1. The van der Waals surface area contributed by atoms with Crippen LogP contribution >= 0.6 is 12.4 Å². The first-order valence-electron chi connectivity index (χ1n) is 8.12. The third-order valence-corrected chi connectivity index (χ3v) is 4.56. The molecule has 2 rings (SSSR count). The van der Waals surface area contributed by atoms with Gasteiger partial charge in [0.15, 0.2) is 0 Å². The molecule has 0 bridgehead atoms. The van der Waals surface area contributed by atoms with E-state index < -0.39 is 5.41 Å². The molecule has 1 atom stereocenters. The lowest BCUT2D eigenvalue weighted by atomic mass is 9.81. The highest BCUT2D eigenvalue weighted by Crippen LogP contribution is 2.42. The summed E-state index contributed by atoms with van der Waals surface area (Å²) in [7, 11) is 0. The second-order valence-corrected chi connectivity index (χ2v) is 6.56. The van der Waals surface area contributed by atoms with Gasteiger partial charge in [0.1, 0.15) is 0 Å². The number of nitrogens with one attached hydrogen (secondary N) is 1. The Morgan fingerprint density at radius 2 is 1.77 bits per heavy atom. The van der Waals surface area contributed by atoms with Crippen molar-refractivity contribution >= 4 is 24.0 Å². The monoisotopic (exact) mass is 324 g/mol. The van der Waals surface area contributed by atoms with Crippen LogP contribution in [-0.2, 0) is 10.2 Å². The van der Waals surface area contributed by atoms with Gasteiger partial charge in [-0.15, -0.1) is 12.4 Å². The fraction of sp³-hybridized carbons (Fsp3) is 0.611. The molecule has 1 aliphatic heterocycles. The van der Waals surface area contributed by atoms with Gasteiger partial charge in [-0.05, 0) is 63.9 Å². The number of hydrogen-bond donors (Lipinski definition) is 1. The van der Waals surface area contributed by atoms with Crippen molar-refractivity contribution in [2.75, 3.05) is 18.4 Å². The SMILES string of the molecule is CCCN(CCC)C(C)c1cccc2c1C(C)(C)C(=O)N2.Cl. The number of hydrogen-bond acceptors (Lipinski definition) is 2. The van der Waals surface area contributed by atoms with E-state index in [9.17, 15) is 4.79 Å². The van der Waals surface area contributed by atoms with Crippen molar-refractivity contribution in [3.8, 4) is 0 Å². The largest absolute Gasteiger partial charge is 0.325 e. The van der Waals surface area contributed by atoms with Crippen LogP contribution in [0.25, 0.3) is 0 Å². The number of carbonyl (C=O) groups is 1. The molecule has 3 nitrogen and oxygen atoms in total. The lowest BCUT2D eigenvalue weighted by Gasteiger charge is -2.32. The molecule has 0 aliphatic carbocycles. The van der Waals surface area contributed by atoms with E-state index >= 15 is 0 Å². The van der Waals surface area contributed by atoms with Crippen molar-refractivity contribution in [1.29, 1.82) is 0 Å². The number of nitrogens with zero attached hydrogens (tertiary/aromatic N) is 1. The van der Waals surface area contributed by atoms with Crippen molar-refractivity contribution < 1.29 is 4.79 Å². The maximum absolute atomic E-state index is 12.2. The average molecular weight is 325 g/mol. The fourth-order valence-corrected chi connectivity index (χ4v) is 3.38. The lowest BCUT2D eigenvalue weighted by Crippen LogP contribution is -2.32. The lowest BCUT2D eigenvalue weighted by molar-refractivity contribution is -0.119. The van der Waals surface area contributed by atoms with Gasteiger partial charge in [-0.2, -0.15) is 0 Å². The normalized spacial score (nSPS) is 16.9. The smallest absolute Gasteiger partial charge is 0.234 e. The molecule has 0 saturated carbocycles. The molecule has 0 spiro atoms. The predicted octanol–water partition coefficient (Wildman–Crippen LogP) is 4.52. The highest BCUT2D eigenvalue weighted by molar-refractivity contribution is 6.06. The Kier molecular flexibility index (Phi) is 6.45. The summed E-state index contributed by atoms with van der Waals surface area (Å²) in [6.45, 7) is 12.9. The summed E-state index contributed by atoms with van der Waals surface area (Å²) in [6, 6.07) is 6.60. The van der Waals surface area contributed by atoms with Gasteiger partial charge in [0.05, 0.1) is 5.41 Å². The molecule has 1 unspecified atom stereocenters. The quantitative estimate of drug-likeness (QED) is 0.834. The van der Waals surface area contributed by atoms with E-state index in [0.717, 1.165) is 31.6 Å². The first-order chi connectivity index (χ1) is 9.93. The van der Waals surface area contributed by atoms with E-state index in [4.69, 9.17) is 0 Å². The van der Waals surface area contributed by atoms with E-state index in [2.05, 4.69) is 43.1 Å². The molecule has 1 aromatic carbocycles. The van der Waals surface area contributed by atoms with E-state index in [1.54, 1.807) is 0 Å². The van der Waals surface area contributed by atoms with Crippen LogP contribution in [0.4, 0.5) is 5.69 Å². The van der Waals surface area contributed by atoms with Gasteiger partial charge in [-0.1, -0.05) is 26.0 Å². The van der Waals surface area contributed by atoms with Crippen LogP contribution in [0.5, 0.6) is 0 Å². The summed E-state index contributed by atoms with van der Waals surface area (Å²) < 4.78 is 0. The molecule has 124 valence electrons. The molecule has 0 saturated heterocycles. The van der Waals surface area contributed by atoms with Gasteiger partial charge in [0.2, 0.25) is 5.91 Å². The van der Waals surface area contributed by atoms with Crippen molar-refractivity contribution in [2.45, 2.75) is 58.9 Å². The zero-order valence-corrected chi connectivity index (χ0v) is 15.2. The number of carbonyl (C=O) groups excluding carboxylic acids is 1. The zero-order valence-electron chi connectivity index (χ0n) is 14.4. The maximum Gasteiger partial charge on any atom is 0.234 e. The topological polar surface area (TPSA) is 32.3 Å². The van der Waals surface area contributed by atoms with E-state index in [1.807, 2.05) is 19.9 Å². The van der Waals surface area contributed by atoms with E-state index in [1.165, 1.54) is 11.1 Å². The van der Waals surface area contributed by atoms with Crippen LogP contribution in [0.15, 0.2) is 18.2 Å². The molecule has 4 heteroatoms. The minimum Gasteiger partial charge on any atom is -0.325 e. The van der Waals surface area contributed by atoms with Crippen LogP contribution in [0.2, 0.25) is 0 Å². The van der Waals surface area contributed by atoms with Gasteiger partial charge in [0, 0.05) is 11.7 Å². The van der Waals surface area contributed by atoms with Gasteiger partial charge in [-0.25, -0.2) is 0 Å². The van der Waals surface area contributed by atoms with Crippen molar-refractivity contribution in [3.63, 3.8) is 0 Å². The predicted molar refractivity (Wildman–Crippen MR) is 95.9 cm³/mol. The number of rotatable bonds is 6. The van der Waals surface area contributed by atoms with Gasteiger partial charge < -0.3 is 5.32 Å². The zero-order chi connectivity index (χ0) is 15.6. The Balaban J connectivity index is 0.00000242. The summed E-state index contributed by atoms with van der Waals surface area (Å²) in [5.74, 6) is 0.106. The van der Waals surface area contributed by atoms with E-state index in [0.29, 0.717) is 6.04 Å². The number of anilines is 1. The molecule has 1 aromatic rings. The Bertz CT molecular complexity index is 522. The summed E-state index contributed by atoms with van der Waals surface area (Å²) in [5, 5.41) is 3.03. The summed E-state index contributed by atoms with van der Waals surface area (Å²) >= 11 is 0. The average Bonchev–Trinajstić information content (AvgIpc) is 2.68. The minimum atomic E-state index is -0.440. The third-order valence-electron chi connectivity index (χ3n) is 4.56. The number of halogens is 1. The highest BCUT2D eigenvalue weighted by atomic mass is 35.5. The molecule has 1 aliphatic rings.